The van der Waals surface area contributed by atoms with Crippen LogP contribution in [0.1, 0.15) is 0 Å². The van der Waals surface area contributed by atoms with Crippen molar-refractivity contribution in [2.75, 3.05) is 5.32 Å². The molecule has 2 aromatic carbocycles. The standard InChI is InChI=1S/C13H8Cl2N4O7S2/c14-11-17-12(15)19-13(18-11)16-8-3-6(27-26-25-21)1-5-2-7(28(22,23)24)4-9(20)10(5)8/h1-4,20-21H,(H,22,23,24)(H,16,17,18,19). The minimum absolute atomic E-state index is 0.0639. The SMILES string of the molecule is O=S(=O)(O)c1cc(O)c2c(Nc3nc(Cl)nc(Cl)n3)cc(SOOO)cc2c1. The molecule has 0 radical (unpaired) electrons. The number of aromatic nitrogens is 3. The Morgan fingerprint density at radius 2 is 1.75 bits per heavy atom. The van der Waals surface area contributed by atoms with Crippen LogP contribution in [0.3, 0.4) is 0 Å². The maximum atomic E-state index is 11.4. The molecule has 0 aliphatic heterocycles. The number of nitrogens with one attached hydrogen (secondary N) is 1. The van der Waals surface area contributed by atoms with Crippen molar-refractivity contribution < 1.29 is 32.7 Å². The number of benzene rings is 2. The first kappa shape index (κ1) is 20.8. The summed E-state index contributed by atoms with van der Waals surface area (Å²) in [4.78, 5) is 11.1. The van der Waals surface area contributed by atoms with Crippen molar-refractivity contribution in [1.29, 1.82) is 0 Å². The first-order valence-corrected chi connectivity index (χ1v) is 9.88. The third-order valence-corrected chi connectivity index (χ3v) is 4.99. The predicted molar refractivity (Wildman–Crippen MR) is 99.2 cm³/mol. The summed E-state index contributed by atoms with van der Waals surface area (Å²) < 4.78 is 36.5. The second-order valence-electron chi connectivity index (χ2n) is 5.03. The molecule has 148 valence electrons. The Morgan fingerprint density at radius 3 is 2.36 bits per heavy atom. The third kappa shape index (κ3) is 4.71. The summed E-state index contributed by atoms with van der Waals surface area (Å²) in [5.74, 6) is -0.527. The van der Waals surface area contributed by atoms with Gasteiger partial charge in [-0.3, -0.25) is 4.55 Å². The van der Waals surface area contributed by atoms with Crippen molar-refractivity contribution in [2.24, 2.45) is 0 Å². The first-order valence-electron chi connectivity index (χ1n) is 6.94. The van der Waals surface area contributed by atoms with Gasteiger partial charge in [0.2, 0.25) is 16.5 Å². The molecule has 0 aliphatic rings. The van der Waals surface area contributed by atoms with E-state index in [2.05, 4.69) is 29.6 Å². The summed E-state index contributed by atoms with van der Waals surface area (Å²) in [5, 5.41) is 24.9. The normalized spacial score (nSPS) is 11.7. The molecule has 3 aromatic rings. The number of nitrogens with zero attached hydrogens (tertiary/aromatic N) is 3. The van der Waals surface area contributed by atoms with Gasteiger partial charge in [0.05, 0.1) is 22.6 Å². The number of hydrogen-bond acceptors (Lipinski definition) is 11. The maximum absolute atomic E-state index is 11.4. The molecule has 1 aromatic heterocycles. The van der Waals surface area contributed by atoms with E-state index < -0.39 is 20.8 Å². The van der Waals surface area contributed by atoms with Crippen molar-refractivity contribution in [2.45, 2.75) is 9.79 Å². The zero-order valence-corrected chi connectivity index (χ0v) is 16.3. The van der Waals surface area contributed by atoms with Crippen LogP contribution in [0.5, 0.6) is 5.75 Å². The van der Waals surface area contributed by atoms with Crippen LogP contribution in [0.2, 0.25) is 10.6 Å². The van der Waals surface area contributed by atoms with Crippen LogP contribution in [-0.4, -0.2) is 38.3 Å². The zero-order chi connectivity index (χ0) is 20.5. The molecule has 0 atom stereocenters. The second-order valence-corrected chi connectivity index (χ2v) is 7.91. The molecule has 0 aliphatic carbocycles. The molecule has 11 nitrogen and oxygen atoms in total. The molecule has 0 unspecified atom stereocenters. The van der Waals surface area contributed by atoms with E-state index >= 15 is 0 Å². The van der Waals surface area contributed by atoms with Crippen molar-refractivity contribution in [3.05, 3.63) is 34.8 Å². The van der Waals surface area contributed by atoms with Gasteiger partial charge in [-0.25, -0.2) is 5.26 Å². The molecule has 28 heavy (non-hydrogen) atoms. The van der Waals surface area contributed by atoms with E-state index in [1.54, 1.807) is 0 Å². The molecule has 4 N–H and O–H groups in total. The lowest BCUT2D eigenvalue weighted by Crippen LogP contribution is -2.02. The summed E-state index contributed by atoms with van der Waals surface area (Å²) in [6.45, 7) is 0. The summed E-state index contributed by atoms with van der Waals surface area (Å²) in [6, 6.07) is 4.85. The molecule has 0 saturated heterocycles. The largest absolute Gasteiger partial charge is 0.507 e. The topological polar surface area (TPSA) is 164 Å². The van der Waals surface area contributed by atoms with Gasteiger partial charge in [0, 0.05) is 16.3 Å². The van der Waals surface area contributed by atoms with Crippen molar-refractivity contribution >= 4 is 67.8 Å². The number of fused-ring (bicyclic) bond motifs is 1. The third-order valence-electron chi connectivity index (χ3n) is 3.26. The van der Waals surface area contributed by atoms with Crippen LogP contribution < -0.4 is 5.32 Å². The van der Waals surface area contributed by atoms with E-state index in [4.69, 9.17) is 28.5 Å². The van der Waals surface area contributed by atoms with E-state index in [1.165, 1.54) is 12.1 Å². The smallest absolute Gasteiger partial charge is 0.294 e. The van der Waals surface area contributed by atoms with Crippen LogP contribution in [0, 0.1) is 0 Å². The average Bonchev–Trinajstić information content (AvgIpc) is 2.57. The maximum Gasteiger partial charge on any atom is 0.294 e. The summed E-state index contributed by atoms with van der Waals surface area (Å²) in [7, 11) is -4.58. The summed E-state index contributed by atoms with van der Waals surface area (Å²) in [6.07, 6.45) is 0. The Labute approximate surface area is 171 Å². The van der Waals surface area contributed by atoms with Gasteiger partial charge in [0.25, 0.3) is 10.1 Å². The lowest BCUT2D eigenvalue weighted by Gasteiger charge is -2.13. The quantitative estimate of drug-likeness (QED) is 0.181. The zero-order valence-electron chi connectivity index (χ0n) is 13.2. The van der Waals surface area contributed by atoms with Crippen LogP contribution in [0.25, 0.3) is 10.8 Å². The van der Waals surface area contributed by atoms with Crippen LogP contribution >= 0.6 is 35.2 Å². The second kappa shape index (κ2) is 8.18. The molecule has 0 fully saturated rings. The van der Waals surface area contributed by atoms with Gasteiger partial charge in [-0.05, 0) is 46.8 Å². The molecule has 0 spiro atoms. The number of phenols is 1. The number of halogens is 2. The number of aromatic hydroxyl groups is 1. The average molecular weight is 467 g/mol. The van der Waals surface area contributed by atoms with Gasteiger partial charge in [0.15, 0.2) is 0 Å². The Morgan fingerprint density at radius 1 is 1.07 bits per heavy atom. The van der Waals surface area contributed by atoms with Gasteiger partial charge in [-0.1, -0.05) is 5.04 Å². The fraction of sp³-hybridized carbons (Fsp3) is 0. The van der Waals surface area contributed by atoms with Crippen LogP contribution in [0.15, 0.2) is 34.1 Å². The van der Waals surface area contributed by atoms with E-state index in [0.717, 1.165) is 12.1 Å². The molecule has 0 bridgehead atoms. The van der Waals surface area contributed by atoms with Crippen molar-refractivity contribution in [3.8, 4) is 5.75 Å². The molecule has 3 rings (SSSR count). The minimum atomic E-state index is -4.58. The van der Waals surface area contributed by atoms with Gasteiger partial charge in [-0.2, -0.15) is 23.4 Å². The van der Waals surface area contributed by atoms with Crippen molar-refractivity contribution in [1.82, 2.24) is 15.0 Å². The van der Waals surface area contributed by atoms with Gasteiger partial charge >= 0.3 is 0 Å². The fourth-order valence-corrected chi connectivity index (χ4v) is 3.64. The summed E-state index contributed by atoms with van der Waals surface area (Å²) in [5.41, 5.74) is 0.194. The van der Waals surface area contributed by atoms with E-state index in [-0.39, 0.29) is 33.0 Å². The van der Waals surface area contributed by atoms with Crippen LogP contribution in [-0.2, 0) is 19.5 Å². The highest BCUT2D eigenvalue weighted by Crippen LogP contribution is 2.39. The molecule has 0 saturated carbocycles. The van der Waals surface area contributed by atoms with Gasteiger partial charge in [-0.15, -0.1) is 4.33 Å². The highest BCUT2D eigenvalue weighted by Gasteiger charge is 2.18. The molecule has 15 heteroatoms. The Hall–Kier alpha value is -1.97. The lowest BCUT2D eigenvalue weighted by atomic mass is 10.1. The number of rotatable bonds is 6. The number of phenolic OH excluding ortho intramolecular Hbond substituents is 1. The van der Waals surface area contributed by atoms with Crippen LogP contribution in [0.4, 0.5) is 11.6 Å². The van der Waals surface area contributed by atoms with Gasteiger partial charge < -0.3 is 10.4 Å². The van der Waals surface area contributed by atoms with E-state index in [9.17, 15) is 18.1 Å². The minimum Gasteiger partial charge on any atom is -0.507 e. The monoisotopic (exact) mass is 466 g/mol. The Kier molecular flexibility index (Phi) is 6.07. The highest BCUT2D eigenvalue weighted by atomic mass is 35.5. The Bertz CT molecular complexity index is 1140. The Balaban J connectivity index is 2.20. The highest BCUT2D eigenvalue weighted by molar-refractivity contribution is 7.94. The van der Waals surface area contributed by atoms with E-state index in [0.29, 0.717) is 16.9 Å². The fourth-order valence-electron chi connectivity index (χ4n) is 2.29. The number of hydrogen-bond donors (Lipinski definition) is 4. The predicted octanol–water partition coefficient (Wildman–Crippen LogP) is 3.46. The number of anilines is 2. The molecule has 0 amide bonds. The molecule has 1 heterocycles. The van der Waals surface area contributed by atoms with Crippen molar-refractivity contribution in [3.63, 3.8) is 0 Å². The first-order chi connectivity index (χ1) is 13.2. The molecular weight excluding hydrogens is 459 g/mol. The lowest BCUT2D eigenvalue weighted by molar-refractivity contribution is -0.432. The molecular formula is C13H8Cl2N4O7S2. The van der Waals surface area contributed by atoms with Gasteiger partial charge in [0.1, 0.15) is 5.75 Å². The summed E-state index contributed by atoms with van der Waals surface area (Å²) >= 11 is 12.0. The van der Waals surface area contributed by atoms with E-state index in [1.807, 2.05) is 0 Å².